The van der Waals surface area contributed by atoms with Crippen LogP contribution < -0.4 is 20.4 Å². The van der Waals surface area contributed by atoms with E-state index in [1.165, 1.54) is 0 Å². The molecule has 6 atom stereocenters. The van der Waals surface area contributed by atoms with Crippen molar-refractivity contribution in [2.24, 2.45) is 22.7 Å². The van der Waals surface area contributed by atoms with Crippen LogP contribution in [0.5, 0.6) is 5.75 Å². The van der Waals surface area contributed by atoms with Crippen LogP contribution in [0.1, 0.15) is 53.8 Å². The van der Waals surface area contributed by atoms with Crippen molar-refractivity contribution in [1.82, 2.24) is 30.2 Å². The highest BCUT2D eigenvalue weighted by Crippen LogP contribution is 2.63. The van der Waals surface area contributed by atoms with E-state index in [1.807, 2.05) is 30.3 Å². The fourth-order valence-corrected chi connectivity index (χ4v) is 10.8. The molecule has 3 N–H and O–H groups in total. The van der Waals surface area contributed by atoms with Gasteiger partial charge in [-0.3, -0.25) is 34.3 Å². The highest BCUT2D eigenvalue weighted by molar-refractivity contribution is 6.23. The van der Waals surface area contributed by atoms with Crippen molar-refractivity contribution in [1.29, 1.82) is 0 Å². The van der Waals surface area contributed by atoms with Gasteiger partial charge in [-0.25, -0.2) is 0 Å². The van der Waals surface area contributed by atoms with Crippen molar-refractivity contribution in [2.45, 2.75) is 45.2 Å². The average molecular weight is 746 g/mol. The van der Waals surface area contributed by atoms with Gasteiger partial charge < -0.3 is 25.1 Å². The van der Waals surface area contributed by atoms with Crippen molar-refractivity contribution < 1.29 is 24.3 Å². The molecule has 4 saturated heterocycles. The van der Waals surface area contributed by atoms with Crippen molar-refractivity contribution in [3.8, 4) is 17.0 Å². The third kappa shape index (κ3) is 5.66. The Labute approximate surface area is 319 Å². The van der Waals surface area contributed by atoms with Crippen molar-refractivity contribution in [3.05, 3.63) is 59.7 Å². The van der Waals surface area contributed by atoms with E-state index in [-0.39, 0.29) is 29.9 Å². The number of fused-ring (bicyclic) bond motifs is 5. The first-order valence-electron chi connectivity index (χ1n) is 19.7. The molecule has 14 nitrogen and oxygen atoms in total. The number of hydrogen-bond acceptors (Lipinski definition) is 12. The summed E-state index contributed by atoms with van der Waals surface area (Å²) in [6.07, 6.45) is 1.30. The standard InChI is InChI=1S/C41H47N9O5/c1-40(11-12-48(22-40)24-7-8-26-28(15-24)39(55)50(38(26)54)32-9-10-35(52)43-37(32)53)21-47-20-30-29(41(30,2)23-47)19-46-13-14-49-25(18-46)17-42-36-33(49)16-31(44-45-36)27-5-3-4-6-34(27)51/h3-8,15-16,25,29-30,32,51H,9-14,17-23H2,1-2H3,(H,42,45)(H,43,52,53)/t25-,29-,30-,32?,40?,41?/m0/s1. The van der Waals surface area contributed by atoms with Crippen LogP contribution in [0.15, 0.2) is 48.5 Å². The third-order valence-corrected chi connectivity index (χ3v) is 13.8. The molecule has 0 spiro atoms. The van der Waals surface area contributed by atoms with Gasteiger partial charge in [0, 0.05) is 83.1 Å². The second kappa shape index (κ2) is 12.5. The van der Waals surface area contributed by atoms with Crippen LogP contribution in [0.2, 0.25) is 0 Å². The number of nitrogens with one attached hydrogen (secondary N) is 2. The number of piperidine rings is 2. The minimum atomic E-state index is -0.961. The van der Waals surface area contributed by atoms with Gasteiger partial charge in [0.05, 0.1) is 28.6 Å². The number of piperazine rings is 1. The Balaban J connectivity index is 0.735. The monoisotopic (exact) mass is 745 g/mol. The zero-order valence-electron chi connectivity index (χ0n) is 31.3. The molecule has 7 aliphatic rings. The molecule has 1 aliphatic carbocycles. The van der Waals surface area contributed by atoms with E-state index in [0.717, 1.165) is 94.0 Å². The Morgan fingerprint density at radius 2 is 1.73 bits per heavy atom. The number of amides is 4. The zero-order chi connectivity index (χ0) is 37.8. The number of imide groups is 2. The molecule has 55 heavy (non-hydrogen) atoms. The number of carbonyl (C=O) groups is 4. The van der Waals surface area contributed by atoms with E-state index in [4.69, 9.17) is 0 Å². The van der Waals surface area contributed by atoms with Crippen molar-refractivity contribution >= 4 is 40.8 Å². The topological polar surface area (TPSA) is 155 Å². The van der Waals surface area contributed by atoms with Crippen LogP contribution in [0, 0.1) is 22.7 Å². The molecule has 1 aromatic heterocycles. The van der Waals surface area contributed by atoms with Crippen LogP contribution in [0.25, 0.3) is 11.3 Å². The quantitative estimate of drug-likeness (QED) is 0.305. The first-order chi connectivity index (χ1) is 26.5. The minimum Gasteiger partial charge on any atom is -0.507 e. The smallest absolute Gasteiger partial charge is 0.262 e. The number of anilines is 3. The normalized spacial score (nSPS) is 31.6. The largest absolute Gasteiger partial charge is 0.507 e. The van der Waals surface area contributed by atoms with Gasteiger partial charge in [-0.05, 0) is 71.9 Å². The van der Waals surface area contributed by atoms with E-state index in [9.17, 15) is 24.3 Å². The molecule has 5 fully saturated rings. The second-order valence-corrected chi connectivity index (χ2v) is 17.5. The molecule has 1 saturated carbocycles. The maximum atomic E-state index is 13.4. The van der Waals surface area contributed by atoms with E-state index < -0.39 is 23.8 Å². The Morgan fingerprint density at radius 3 is 2.53 bits per heavy atom. The average Bonchev–Trinajstić information content (AvgIpc) is 3.48. The number of aromatic hydroxyl groups is 1. The van der Waals surface area contributed by atoms with Gasteiger partial charge in [0.15, 0.2) is 5.82 Å². The lowest BCUT2D eigenvalue weighted by atomic mass is 9.89. The summed E-state index contributed by atoms with van der Waals surface area (Å²) in [5.74, 6) is 0.525. The van der Waals surface area contributed by atoms with Gasteiger partial charge >= 0.3 is 0 Å². The Hall–Kier alpha value is -5.08. The number of aromatic nitrogens is 2. The number of benzene rings is 2. The number of hydrogen-bond donors (Lipinski definition) is 3. The first-order valence-corrected chi connectivity index (χ1v) is 19.7. The minimum absolute atomic E-state index is 0.102. The third-order valence-electron chi connectivity index (χ3n) is 13.8. The van der Waals surface area contributed by atoms with Gasteiger partial charge in [0.25, 0.3) is 11.8 Å². The van der Waals surface area contributed by atoms with Gasteiger partial charge in [-0.15, -0.1) is 10.2 Å². The molecule has 7 heterocycles. The van der Waals surface area contributed by atoms with Gasteiger partial charge in [-0.1, -0.05) is 26.0 Å². The van der Waals surface area contributed by atoms with Crippen molar-refractivity contribution in [2.75, 3.05) is 80.6 Å². The Kier molecular flexibility index (Phi) is 7.80. The van der Waals surface area contributed by atoms with Crippen LogP contribution in [-0.4, -0.2) is 131 Å². The molecule has 14 heteroatoms. The number of carbonyl (C=O) groups excluding carboxylic acids is 4. The van der Waals surface area contributed by atoms with Crippen molar-refractivity contribution in [3.63, 3.8) is 0 Å². The second-order valence-electron chi connectivity index (χ2n) is 17.5. The summed E-state index contributed by atoms with van der Waals surface area (Å²) >= 11 is 0. The van der Waals surface area contributed by atoms with E-state index >= 15 is 0 Å². The maximum Gasteiger partial charge on any atom is 0.262 e. The fraction of sp³-hybridized carbons (Fsp3) is 0.512. The molecule has 10 rings (SSSR count). The summed E-state index contributed by atoms with van der Waals surface area (Å²) < 4.78 is 0. The van der Waals surface area contributed by atoms with Gasteiger partial charge in [0.2, 0.25) is 11.8 Å². The Morgan fingerprint density at radius 1 is 0.891 bits per heavy atom. The molecule has 3 unspecified atom stereocenters. The maximum absolute atomic E-state index is 13.4. The predicted octanol–water partition coefficient (Wildman–Crippen LogP) is 2.65. The summed E-state index contributed by atoms with van der Waals surface area (Å²) in [5, 5.41) is 25.1. The van der Waals surface area contributed by atoms with E-state index in [1.54, 1.807) is 12.1 Å². The molecule has 6 aliphatic heterocycles. The van der Waals surface area contributed by atoms with Gasteiger partial charge in [-0.2, -0.15) is 0 Å². The summed E-state index contributed by atoms with van der Waals surface area (Å²) in [6.45, 7) is 14.8. The highest BCUT2D eigenvalue weighted by Gasteiger charge is 2.66. The van der Waals surface area contributed by atoms with Crippen LogP contribution >= 0.6 is 0 Å². The van der Waals surface area contributed by atoms with Crippen LogP contribution in [-0.2, 0) is 9.59 Å². The molecular weight excluding hydrogens is 699 g/mol. The van der Waals surface area contributed by atoms with Crippen LogP contribution in [0.3, 0.4) is 0 Å². The number of phenolic OH excluding ortho intramolecular Hbond substituents is 1. The summed E-state index contributed by atoms with van der Waals surface area (Å²) in [7, 11) is 0. The fourth-order valence-electron chi connectivity index (χ4n) is 10.8. The number of para-hydroxylation sites is 1. The van der Waals surface area contributed by atoms with E-state index in [2.05, 4.69) is 60.3 Å². The van der Waals surface area contributed by atoms with E-state index in [0.29, 0.717) is 45.7 Å². The van der Waals surface area contributed by atoms with Crippen LogP contribution in [0.4, 0.5) is 17.2 Å². The zero-order valence-corrected chi connectivity index (χ0v) is 31.3. The predicted molar refractivity (Wildman–Crippen MR) is 205 cm³/mol. The lowest BCUT2D eigenvalue weighted by molar-refractivity contribution is -0.136. The first kappa shape index (κ1) is 34.4. The summed E-state index contributed by atoms with van der Waals surface area (Å²) in [4.78, 5) is 62.0. The molecular formula is C41H47N9O5. The number of nitrogens with zero attached hydrogens (tertiary/aromatic N) is 7. The molecule has 3 aromatic rings. The molecule has 0 radical (unpaired) electrons. The molecule has 0 bridgehead atoms. The number of phenols is 1. The lowest BCUT2D eigenvalue weighted by Gasteiger charge is -2.46. The van der Waals surface area contributed by atoms with Gasteiger partial charge in [0.1, 0.15) is 11.8 Å². The Bertz CT molecular complexity index is 2150. The number of rotatable bonds is 7. The molecule has 286 valence electrons. The summed E-state index contributed by atoms with van der Waals surface area (Å²) in [6, 6.07) is 14.2. The molecule has 2 aromatic carbocycles. The SMILES string of the molecule is CC1(CN2C[C@H]3[C@H](CN4CCN5c6cc(-c7ccccc7O)nnc6NC[C@H]5C4)C3(C)C2)CCN(c2ccc3c(c2)C(=O)N(C2CCC(=O)NC2=O)C3=O)C1. The summed E-state index contributed by atoms with van der Waals surface area (Å²) in [5.41, 5.74) is 4.45. The number of likely N-dealkylation sites (tertiary alicyclic amines) is 1. The lowest BCUT2D eigenvalue weighted by Crippen LogP contribution is -2.58. The highest BCUT2D eigenvalue weighted by atomic mass is 16.3. The molecule has 4 amide bonds.